The van der Waals surface area contributed by atoms with Gasteiger partial charge in [0.25, 0.3) is 0 Å². The molecular weight excluding hydrogens is 150 g/mol. The lowest BCUT2D eigenvalue weighted by Crippen LogP contribution is -2.14. The highest BCUT2D eigenvalue weighted by molar-refractivity contribution is 5.85. The Labute approximate surface area is 63.4 Å². The van der Waals surface area contributed by atoms with Crippen LogP contribution >= 0.6 is 0 Å². The number of ether oxygens (including phenoxy) is 1. The van der Waals surface area contributed by atoms with E-state index >= 15 is 0 Å². The summed E-state index contributed by atoms with van der Waals surface area (Å²) >= 11 is 0. The smallest absolute Gasteiger partial charge is 0.404 e. The number of amides is 1. The van der Waals surface area contributed by atoms with Crippen LogP contribution in [0.5, 0.6) is 0 Å². The lowest BCUT2D eigenvalue weighted by Gasteiger charge is -1.99. The van der Waals surface area contributed by atoms with Gasteiger partial charge < -0.3 is 15.6 Å². The quantitative estimate of drug-likeness (QED) is 0.570. The Balaban J connectivity index is 3.47. The number of carboxylic acid groups (broad SMARTS) is 1. The second kappa shape index (κ2) is 4.32. The number of hydrogen-bond donors (Lipinski definition) is 2. The van der Waals surface area contributed by atoms with Crippen molar-refractivity contribution in [3.8, 4) is 0 Å². The molecule has 0 unspecified atom stereocenters. The maximum absolute atomic E-state index is 10.1. The maximum Gasteiger partial charge on any atom is 0.404 e. The molecule has 0 spiro atoms. The number of carbonyl (C=O) groups excluding carboxylic acids is 1. The SMILES string of the molecule is C=C(CCOC(N)=O)C(=O)O. The summed E-state index contributed by atoms with van der Waals surface area (Å²) < 4.78 is 4.28. The molecule has 0 fully saturated rings. The number of nitrogens with two attached hydrogens (primary N) is 1. The molecule has 5 heteroatoms. The first kappa shape index (κ1) is 9.48. The highest BCUT2D eigenvalue weighted by Crippen LogP contribution is 1.97. The van der Waals surface area contributed by atoms with Crippen molar-refractivity contribution in [2.45, 2.75) is 6.42 Å². The van der Waals surface area contributed by atoms with Crippen molar-refractivity contribution in [1.29, 1.82) is 0 Å². The predicted molar refractivity (Wildman–Crippen MR) is 36.9 cm³/mol. The van der Waals surface area contributed by atoms with Gasteiger partial charge in [-0.3, -0.25) is 0 Å². The summed E-state index contributed by atoms with van der Waals surface area (Å²) in [5.74, 6) is -1.10. The van der Waals surface area contributed by atoms with Gasteiger partial charge in [0, 0.05) is 12.0 Å². The Hall–Kier alpha value is -1.52. The zero-order valence-corrected chi connectivity index (χ0v) is 5.87. The summed E-state index contributed by atoms with van der Waals surface area (Å²) in [6.45, 7) is 3.18. The van der Waals surface area contributed by atoms with Gasteiger partial charge >= 0.3 is 12.1 Å². The Morgan fingerprint density at radius 3 is 2.45 bits per heavy atom. The van der Waals surface area contributed by atoms with E-state index in [0.717, 1.165) is 0 Å². The molecule has 0 saturated heterocycles. The van der Waals surface area contributed by atoms with Gasteiger partial charge in [-0.05, 0) is 0 Å². The van der Waals surface area contributed by atoms with Gasteiger partial charge in [0.2, 0.25) is 0 Å². The molecule has 5 nitrogen and oxygen atoms in total. The molecule has 0 aliphatic heterocycles. The third kappa shape index (κ3) is 4.95. The highest BCUT2D eigenvalue weighted by Gasteiger charge is 2.03. The third-order valence-corrected chi connectivity index (χ3v) is 0.951. The second-order valence-electron chi connectivity index (χ2n) is 1.83. The van der Waals surface area contributed by atoms with Gasteiger partial charge in [0.15, 0.2) is 0 Å². The molecule has 0 radical (unpaired) electrons. The van der Waals surface area contributed by atoms with Crippen LogP contribution in [0.25, 0.3) is 0 Å². The van der Waals surface area contributed by atoms with Crippen molar-refractivity contribution in [3.63, 3.8) is 0 Å². The number of hydrogen-bond acceptors (Lipinski definition) is 3. The largest absolute Gasteiger partial charge is 0.478 e. The van der Waals surface area contributed by atoms with E-state index in [0.29, 0.717) is 0 Å². The van der Waals surface area contributed by atoms with E-state index in [9.17, 15) is 9.59 Å². The lowest BCUT2D eigenvalue weighted by atomic mass is 10.2. The van der Waals surface area contributed by atoms with Crippen LogP contribution in [0.4, 0.5) is 4.79 Å². The predicted octanol–water partition coefficient (Wildman–Crippen LogP) is 0.113. The van der Waals surface area contributed by atoms with E-state index in [-0.39, 0.29) is 18.6 Å². The number of rotatable bonds is 4. The van der Waals surface area contributed by atoms with Crippen molar-refractivity contribution >= 4 is 12.1 Å². The molecule has 62 valence electrons. The molecule has 0 aliphatic carbocycles. The van der Waals surface area contributed by atoms with E-state index in [1.54, 1.807) is 0 Å². The molecule has 0 heterocycles. The Morgan fingerprint density at radius 2 is 2.09 bits per heavy atom. The van der Waals surface area contributed by atoms with Crippen LogP contribution in [0.3, 0.4) is 0 Å². The van der Waals surface area contributed by atoms with E-state index in [4.69, 9.17) is 5.11 Å². The Morgan fingerprint density at radius 1 is 1.55 bits per heavy atom. The minimum absolute atomic E-state index is 0.00810. The van der Waals surface area contributed by atoms with E-state index in [1.807, 2.05) is 0 Å². The normalized spacial score (nSPS) is 8.73. The summed E-state index contributed by atoms with van der Waals surface area (Å²) in [4.78, 5) is 20.1. The number of aliphatic carboxylic acids is 1. The van der Waals surface area contributed by atoms with E-state index < -0.39 is 12.1 Å². The minimum Gasteiger partial charge on any atom is -0.478 e. The van der Waals surface area contributed by atoms with Gasteiger partial charge in [0.05, 0.1) is 6.61 Å². The van der Waals surface area contributed by atoms with Gasteiger partial charge in [-0.15, -0.1) is 0 Å². The summed E-state index contributed by atoms with van der Waals surface area (Å²) in [6, 6.07) is 0. The standard InChI is InChI=1S/C6H9NO4/c1-4(5(8)9)2-3-11-6(7)10/h1-3H2,(H2,7,10)(H,8,9). The third-order valence-electron chi connectivity index (χ3n) is 0.951. The average molecular weight is 159 g/mol. The van der Waals surface area contributed by atoms with Crippen molar-refractivity contribution in [2.75, 3.05) is 6.61 Å². The van der Waals surface area contributed by atoms with E-state index in [2.05, 4.69) is 17.0 Å². The fraction of sp³-hybridized carbons (Fsp3) is 0.333. The van der Waals surface area contributed by atoms with Crippen LogP contribution in [0.2, 0.25) is 0 Å². The number of carboxylic acids is 1. The van der Waals surface area contributed by atoms with Crippen molar-refractivity contribution in [1.82, 2.24) is 0 Å². The molecule has 0 atom stereocenters. The first-order valence-corrected chi connectivity index (χ1v) is 2.87. The summed E-state index contributed by atoms with van der Waals surface area (Å²) in [5.41, 5.74) is 4.61. The Bertz CT molecular complexity index is 187. The number of carbonyl (C=O) groups is 2. The van der Waals surface area contributed by atoms with Crippen molar-refractivity contribution in [3.05, 3.63) is 12.2 Å². The monoisotopic (exact) mass is 159 g/mol. The van der Waals surface area contributed by atoms with Crippen LogP contribution in [0.1, 0.15) is 6.42 Å². The molecule has 0 aromatic rings. The van der Waals surface area contributed by atoms with Gasteiger partial charge in [-0.25, -0.2) is 9.59 Å². The molecule has 0 aliphatic rings. The fourth-order valence-corrected chi connectivity index (χ4v) is 0.382. The van der Waals surface area contributed by atoms with Crippen LogP contribution in [0.15, 0.2) is 12.2 Å². The molecule has 3 N–H and O–H groups in total. The minimum atomic E-state index is -1.10. The molecule has 0 aromatic heterocycles. The topological polar surface area (TPSA) is 89.6 Å². The molecule has 0 bridgehead atoms. The zero-order chi connectivity index (χ0) is 8.85. The van der Waals surface area contributed by atoms with Crippen LogP contribution in [0, 0.1) is 0 Å². The van der Waals surface area contributed by atoms with Crippen molar-refractivity contribution < 1.29 is 19.4 Å². The Kier molecular flexibility index (Phi) is 3.72. The first-order valence-electron chi connectivity index (χ1n) is 2.87. The fourth-order valence-electron chi connectivity index (χ4n) is 0.382. The van der Waals surface area contributed by atoms with E-state index in [1.165, 1.54) is 0 Å². The maximum atomic E-state index is 10.1. The highest BCUT2D eigenvalue weighted by atomic mass is 16.5. The lowest BCUT2D eigenvalue weighted by molar-refractivity contribution is -0.132. The number of primary amides is 1. The molecular formula is C6H9NO4. The molecule has 0 rings (SSSR count). The summed E-state index contributed by atoms with van der Waals surface area (Å²) in [7, 11) is 0. The van der Waals surface area contributed by atoms with Crippen LogP contribution < -0.4 is 5.73 Å². The zero-order valence-electron chi connectivity index (χ0n) is 5.87. The van der Waals surface area contributed by atoms with Gasteiger partial charge in [-0.2, -0.15) is 0 Å². The average Bonchev–Trinajstić information content (AvgIpc) is 1.86. The van der Waals surface area contributed by atoms with Gasteiger partial charge in [-0.1, -0.05) is 6.58 Å². The van der Waals surface area contributed by atoms with Gasteiger partial charge in [0.1, 0.15) is 0 Å². The van der Waals surface area contributed by atoms with Crippen LogP contribution in [-0.2, 0) is 9.53 Å². The summed E-state index contributed by atoms with van der Waals surface area (Å²) in [5, 5.41) is 8.28. The molecule has 11 heavy (non-hydrogen) atoms. The second-order valence-corrected chi connectivity index (χ2v) is 1.83. The summed E-state index contributed by atoms with van der Waals surface area (Å²) in [6.07, 6.45) is -0.818. The van der Waals surface area contributed by atoms with Crippen LogP contribution in [-0.4, -0.2) is 23.8 Å². The molecule has 0 aromatic carbocycles. The molecule has 1 amide bonds. The first-order chi connectivity index (χ1) is 5.04. The molecule has 0 saturated carbocycles. The van der Waals surface area contributed by atoms with Crippen molar-refractivity contribution in [2.24, 2.45) is 5.73 Å².